The Morgan fingerprint density at radius 2 is 1.45 bits per heavy atom. The van der Waals surface area contributed by atoms with Gasteiger partial charge in [0.1, 0.15) is 11.5 Å². The van der Waals surface area contributed by atoms with Gasteiger partial charge < -0.3 is 9.47 Å². The molecule has 0 radical (unpaired) electrons. The highest BCUT2D eigenvalue weighted by Gasteiger charge is 2.18. The second-order valence-electron chi connectivity index (χ2n) is 5.69. The molecule has 0 amide bonds. The van der Waals surface area contributed by atoms with Crippen molar-refractivity contribution in [2.45, 2.75) is 27.2 Å². The number of hydrogen-bond acceptors (Lipinski definition) is 2. The van der Waals surface area contributed by atoms with Crippen LogP contribution in [0.15, 0.2) is 30.3 Å². The molecule has 0 aromatic heterocycles. The lowest BCUT2D eigenvalue weighted by atomic mass is 9.90. The molecule has 3 aromatic rings. The fraction of sp³-hybridized carbons (Fsp3) is 0.300. The van der Waals surface area contributed by atoms with Crippen molar-refractivity contribution in [2.24, 2.45) is 0 Å². The first-order valence-electron chi connectivity index (χ1n) is 7.69. The molecule has 0 aliphatic heterocycles. The van der Waals surface area contributed by atoms with E-state index < -0.39 is 0 Å². The van der Waals surface area contributed by atoms with Gasteiger partial charge in [-0.1, -0.05) is 31.2 Å². The van der Waals surface area contributed by atoms with Crippen LogP contribution in [0.4, 0.5) is 0 Å². The summed E-state index contributed by atoms with van der Waals surface area (Å²) in [6, 6.07) is 10.5. The molecule has 0 saturated carbocycles. The average molecular weight is 294 g/mol. The Kier molecular flexibility index (Phi) is 3.69. The number of methoxy groups -OCH3 is 2. The van der Waals surface area contributed by atoms with Gasteiger partial charge >= 0.3 is 0 Å². The van der Waals surface area contributed by atoms with Crippen LogP contribution in [0, 0.1) is 13.8 Å². The molecule has 0 unspecified atom stereocenters. The topological polar surface area (TPSA) is 18.5 Å². The minimum absolute atomic E-state index is 0.931. The number of aryl methyl sites for hydroxylation is 2. The maximum absolute atomic E-state index is 5.80. The Hall–Kier alpha value is -2.22. The zero-order valence-corrected chi connectivity index (χ0v) is 13.9. The van der Waals surface area contributed by atoms with Gasteiger partial charge in [-0.05, 0) is 43.0 Å². The molecule has 0 aliphatic carbocycles. The molecule has 0 N–H and O–H groups in total. The van der Waals surface area contributed by atoms with E-state index in [1.807, 2.05) is 12.1 Å². The number of benzene rings is 3. The molecule has 2 nitrogen and oxygen atoms in total. The van der Waals surface area contributed by atoms with E-state index in [1.54, 1.807) is 14.2 Å². The van der Waals surface area contributed by atoms with Crippen molar-refractivity contribution in [2.75, 3.05) is 14.2 Å². The van der Waals surface area contributed by atoms with Crippen molar-refractivity contribution in [3.05, 3.63) is 47.0 Å². The number of fused-ring (bicyclic) bond motifs is 2. The molecule has 0 aliphatic rings. The first kappa shape index (κ1) is 14.7. The van der Waals surface area contributed by atoms with Crippen LogP contribution < -0.4 is 9.47 Å². The van der Waals surface area contributed by atoms with Crippen LogP contribution in [0.3, 0.4) is 0 Å². The smallest absolute Gasteiger partial charge is 0.135 e. The highest BCUT2D eigenvalue weighted by molar-refractivity contribution is 6.12. The quantitative estimate of drug-likeness (QED) is 0.619. The first-order valence-corrected chi connectivity index (χ1v) is 7.69. The van der Waals surface area contributed by atoms with E-state index in [4.69, 9.17) is 9.47 Å². The Labute approximate surface area is 131 Å². The molecule has 114 valence electrons. The van der Waals surface area contributed by atoms with Gasteiger partial charge in [-0.25, -0.2) is 0 Å². The molecule has 3 aromatic carbocycles. The SMILES string of the molecule is CCc1c(C)cc2c(OC)c3ccccc3c(OC)c2c1C. The number of hydrogen-bond donors (Lipinski definition) is 0. The summed E-state index contributed by atoms with van der Waals surface area (Å²) in [5.41, 5.74) is 3.99. The zero-order valence-electron chi connectivity index (χ0n) is 13.9. The molecule has 0 spiro atoms. The highest BCUT2D eigenvalue weighted by Crippen LogP contribution is 2.45. The summed E-state index contributed by atoms with van der Waals surface area (Å²) < 4.78 is 11.6. The van der Waals surface area contributed by atoms with E-state index in [1.165, 1.54) is 22.1 Å². The standard InChI is InChI=1S/C20H22O2/c1-6-14-12(2)11-17-18(13(14)3)20(22-5)16-10-8-7-9-15(16)19(17)21-4/h7-11H,6H2,1-5H3. The Morgan fingerprint density at radius 3 is 2.00 bits per heavy atom. The van der Waals surface area contributed by atoms with Crippen LogP contribution >= 0.6 is 0 Å². The number of rotatable bonds is 3. The average Bonchev–Trinajstić information content (AvgIpc) is 2.53. The second-order valence-corrected chi connectivity index (χ2v) is 5.69. The van der Waals surface area contributed by atoms with Crippen LogP contribution in [-0.2, 0) is 6.42 Å². The molecule has 0 saturated heterocycles. The van der Waals surface area contributed by atoms with Crippen LogP contribution in [0.1, 0.15) is 23.6 Å². The first-order chi connectivity index (χ1) is 10.6. The van der Waals surface area contributed by atoms with E-state index in [2.05, 4.69) is 39.0 Å². The summed E-state index contributed by atoms with van der Waals surface area (Å²) in [7, 11) is 3.49. The maximum atomic E-state index is 5.80. The number of ether oxygens (including phenoxy) is 2. The van der Waals surface area contributed by atoms with Gasteiger partial charge in [0.05, 0.1) is 14.2 Å². The predicted molar refractivity (Wildman–Crippen MR) is 93.4 cm³/mol. The maximum Gasteiger partial charge on any atom is 0.135 e. The minimum atomic E-state index is 0.931. The van der Waals surface area contributed by atoms with E-state index in [0.29, 0.717) is 0 Å². The van der Waals surface area contributed by atoms with Crippen molar-refractivity contribution in [3.8, 4) is 11.5 Å². The van der Waals surface area contributed by atoms with Crippen molar-refractivity contribution in [1.29, 1.82) is 0 Å². The fourth-order valence-electron chi connectivity index (χ4n) is 3.63. The van der Waals surface area contributed by atoms with Gasteiger partial charge in [-0.3, -0.25) is 0 Å². The lowest BCUT2D eigenvalue weighted by molar-refractivity contribution is 0.417. The van der Waals surface area contributed by atoms with Gasteiger partial charge in [0.2, 0.25) is 0 Å². The summed E-state index contributed by atoms with van der Waals surface area (Å²) in [4.78, 5) is 0. The summed E-state index contributed by atoms with van der Waals surface area (Å²) in [5.74, 6) is 1.87. The van der Waals surface area contributed by atoms with Crippen LogP contribution in [0.5, 0.6) is 11.5 Å². The van der Waals surface area contributed by atoms with Crippen molar-refractivity contribution in [3.63, 3.8) is 0 Å². The molecule has 0 atom stereocenters. The molecule has 2 heteroatoms. The van der Waals surface area contributed by atoms with Gasteiger partial charge in [0, 0.05) is 21.5 Å². The summed E-state index contributed by atoms with van der Waals surface area (Å²) >= 11 is 0. The van der Waals surface area contributed by atoms with Crippen LogP contribution in [0.2, 0.25) is 0 Å². The second kappa shape index (κ2) is 5.53. The fourth-order valence-corrected chi connectivity index (χ4v) is 3.63. The van der Waals surface area contributed by atoms with Crippen molar-refractivity contribution >= 4 is 21.5 Å². The van der Waals surface area contributed by atoms with Gasteiger partial charge in [0.25, 0.3) is 0 Å². The van der Waals surface area contributed by atoms with Crippen LogP contribution in [0.25, 0.3) is 21.5 Å². The summed E-state index contributed by atoms with van der Waals surface area (Å²) in [6.07, 6.45) is 1.02. The molecule has 0 bridgehead atoms. The third-order valence-electron chi connectivity index (χ3n) is 4.58. The third kappa shape index (κ3) is 1.94. The third-order valence-corrected chi connectivity index (χ3v) is 4.58. The molecule has 0 fully saturated rings. The van der Waals surface area contributed by atoms with Crippen molar-refractivity contribution in [1.82, 2.24) is 0 Å². The summed E-state index contributed by atoms with van der Waals surface area (Å²) in [5, 5.41) is 4.49. The molecule has 3 rings (SSSR count). The minimum Gasteiger partial charge on any atom is -0.495 e. The molecule has 0 heterocycles. The summed E-state index contributed by atoms with van der Waals surface area (Å²) in [6.45, 7) is 6.56. The van der Waals surface area contributed by atoms with E-state index >= 15 is 0 Å². The Bertz CT molecular complexity index is 863. The van der Waals surface area contributed by atoms with E-state index in [-0.39, 0.29) is 0 Å². The monoisotopic (exact) mass is 294 g/mol. The molecule has 22 heavy (non-hydrogen) atoms. The van der Waals surface area contributed by atoms with E-state index in [9.17, 15) is 0 Å². The Morgan fingerprint density at radius 1 is 0.864 bits per heavy atom. The van der Waals surface area contributed by atoms with Gasteiger partial charge in [0.15, 0.2) is 0 Å². The van der Waals surface area contributed by atoms with Gasteiger partial charge in [-0.2, -0.15) is 0 Å². The van der Waals surface area contributed by atoms with Crippen LogP contribution in [-0.4, -0.2) is 14.2 Å². The van der Waals surface area contributed by atoms with E-state index in [0.717, 1.165) is 34.1 Å². The molecular formula is C20H22O2. The highest BCUT2D eigenvalue weighted by atomic mass is 16.5. The Balaban J connectivity index is 2.64. The predicted octanol–water partition coefficient (Wildman–Crippen LogP) is 5.19. The largest absolute Gasteiger partial charge is 0.495 e. The zero-order chi connectivity index (χ0) is 15.9. The van der Waals surface area contributed by atoms with Crippen molar-refractivity contribution < 1.29 is 9.47 Å². The van der Waals surface area contributed by atoms with Gasteiger partial charge in [-0.15, -0.1) is 0 Å². The lowest BCUT2D eigenvalue weighted by Crippen LogP contribution is -1.99. The molecular weight excluding hydrogens is 272 g/mol. The normalized spacial score (nSPS) is 11.1. The lowest BCUT2D eigenvalue weighted by Gasteiger charge is -2.19.